The quantitative estimate of drug-likeness (QED) is 0.593. The van der Waals surface area contributed by atoms with E-state index >= 15 is 0 Å². The molecule has 0 radical (unpaired) electrons. The Kier molecular flexibility index (Phi) is 4.94. The first-order valence-corrected chi connectivity index (χ1v) is 10.6. The average molecular weight is 428 g/mol. The standard InChI is InChI=1S/C23H26F2N4O2/c1-22(24,25)17-4-2-16(3-5-17)10-29(18-6-7-18)21-19-8-9-28(20(19)26-15-27-21)11-23(12-30)13-31-14-23/h2-5,8-9,15,18,30H,6-7,10-14H2,1H3. The molecule has 2 aliphatic rings. The van der Waals surface area contributed by atoms with Crippen molar-refractivity contribution < 1.29 is 18.6 Å². The number of halogens is 2. The van der Waals surface area contributed by atoms with Crippen molar-refractivity contribution in [1.29, 1.82) is 0 Å². The summed E-state index contributed by atoms with van der Waals surface area (Å²) in [5.74, 6) is -1.98. The summed E-state index contributed by atoms with van der Waals surface area (Å²) in [6.07, 6.45) is 5.74. The van der Waals surface area contributed by atoms with Crippen LogP contribution in [0.5, 0.6) is 0 Å². The molecular weight excluding hydrogens is 402 g/mol. The van der Waals surface area contributed by atoms with Gasteiger partial charge in [-0.2, -0.15) is 0 Å². The van der Waals surface area contributed by atoms with E-state index in [1.807, 2.05) is 12.3 Å². The zero-order valence-electron chi connectivity index (χ0n) is 17.5. The van der Waals surface area contributed by atoms with Crippen LogP contribution >= 0.6 is 0 Å². The van der Waals surface area contributed by atoms with Crippen LogP contribution < -0.4 is 4.90 Å². The van der Waals surface area contributed by atoms with E-state index < -0.39 is 5.92 Å². The maximum absolute atomic E-state index is 13.5. The molecule has 3 heterocycles. The van der Waals surface area contributed by atoms with Crippen molar-refractivity contribution in [3.63, 3.8) is 0 Å². The van der Waals surface area contributed by atoms with Gasteiger partial charge in [-0.25, -0.2) is 18.7 Å². The summed E-state index contributed by atoms with van der Waals surface area (Å²) in [6.45, 7) is 3.32. The van der Waals surface area contributed by atoms with Crippen LogP contribution in [0, 0.1) is 5.41 Å². The molecule has 1 aliphatic heterocycles. The second-order valence-electron chi connectivity index (χ2n) is 8.97. The molecule has 0 unspecified atom stereocenters. The zero-order valence-corrected chi connectivity index (χ0v) is 17.5. The number of ether oxygens (including phenoxy) is 1. The Bertz CT molecular complexity index is 1060. The lowest BCUT2D eigenvalue weighted by atomic mass is 9.87. The fraction of sp³-hybridized carbons (Fsp3) is 0.478. The molecule has 1 N–H and O–H groups in total. The highest BCUT2D eigenvalue weighted by Gasteiger charge is 2.39. The van der Waals surface area contributed by atoms with Gasteiger partial charge in [0.25, 0.3) is 5.92 Å². The maximum atomic E-state index is 13.5. The van der Waals surface area contributed by atoms with Crippen LogP contribution in [0.2, 0.25) is 0 Å². The predicted molar refractivity (Wildman–Crippen MR) is 113 cm³/mol. The van der Waals surface area contributed by atoms with Crippen molar-refractivity contribution in [2.75, 3.05) is 24.7 Å². The van der Waals surface area contributed by atoms with E-state index in [2.05, 4.69) is 19.4 Å². The summed E-state index contributed by atoms with van der Waals surface area (Å²) in [5, 5.41) is 10.7. The molecule has 1 aliphatic carbocycles. The molecule has 0 spiro atoms. The molecule has 31 heavy (non-hydrogen) atoms. The maximum Gasteiger partial charge on any atom is 0.270 e. The Morgan fingerprint density at radius 2 is 1.94 bits per heavy atom. The molecule has 5 rings (SSSR count). The summed E-state index contributed by atoms with van der Waals surface area (Å²) >= 11 is 0. The molecule has 8 heteroatoms. The van der Waals surface area contributed by atoms with E-state index in [1.54, 1.807) is 18.5 Å². The third kappa shape index (κ3) is 3.90. The van der Waals surface area contributed by atoms with Crippen LogP contribution in [0.4, 0.5) is 14.6 Å². The molecule has 1 aromatic carbocycles. The fourth-order valence-electron chi connectivity index (χ4n) is 4.19. The molecule has 2 aromatic heterocycles. The Hall–Kier alpha value is -2.58. The first kappa shape index (κ1) is 20.3. The SMILES string of the molecule is CC(F)(F)c1ccc(CN(c2ncnc3c2ccn3CC2(CO)COC2)C2CC2)cc1. The van der Waals surface area contributed by atoms with Crippen LogP contribution in [0.3, 0.4) is 0 Å². The fourth-order valence-corrected chi connectivity index (χ4v) is 4.19. The third-order valence-corrected chi connectivity index (χ3v) is 6.27. The van der Waals surface area contributed by atoms with Gasteiger partial charge in [0.1, 0.15) is 17.8 Å². The predicted octanol–water partition coefficient (Wildman–Crippen LogP) is 3.72. The van der Waals surface area contributed by atoms with Gasteiger partial charge in [-0.15, -0.1) is 0 Å². The highest BCUT2D eigenvalue weighted by atomic mass is 19.3. The van der Waals surface area contributed by atoms with Crippen molar-refractivity contribution in [2.24, 2.45) is 5.41 Å². The number of alkyl halides is 2. The van der Waals surface area contributed by atoms with E-state index in [-0.39, 0.29) is 17.6 Å². The molecule has 0 atom stereocenters. The normalized spacial score (nSPS) is 18.2. The minimum atomic E-state index is -2.84. The van der Waals surface area contributed by atoms with Crippen LogP contribution in [0.1, 0.15) is 30.9 Å². The van der Waals surface area contributed by atoms with Gasteiger partial charge in [-0.3, -0.25) is 0 Å². The van der Waals surface area contributed by atoms with E-state index in [9.17, 15) is 13.9 Å². The summed E-state index contributed by atoms with van der Waals surface area (Å²) in [7, 11) is 0. The first-order chi connectivity index (χ1) is 14.9. The highest BCUT2D eigenvalue weighted by molar-refractivity contribution is 5.88. The Morgan fingerprint density at radius 3 is 2.52 bits per heavy atom. The van der Waals surface area contributed by atoms with E-state index in [0.29, 0.717) is 32.3 Å². The van der Waals surface area contributed by atoms with Gasteiger partial charge in [-0.1, -0.05) is 24.3 Å². The first-order valence-electron chi connectivity index (χ1n) is 10.6. The van der Waals surface area contributed by atoms with Crippen molar-refractivity contribution in [3.05, 3.63) is 54.0 Å². The third-order valence-electron chi connectivity index (χ3n) is 6.27. The number of aromatic nitrogens is 3. The monoisotopic (exact) mass is 428 g/mol. The van der Waals surface area contributed by atoms with Crippen LogP contribution in [-0.4, -0.2) is 45.5 Å². The second kappa shape index (κ2) is 7.53. The molecular formula is C23H26F2N4O2. The molecule has 1 saturated heterocycles. The van der Waals surface area contributed by atoms with Crippen LogP contribution in [0.25, 0.3) is 11.0 Å². The molecule has 1 saturated carbocycles. The number of nitrogens with zero attached hydrogens (tertiary/aromatic N) is 4. The number of hydrogen-bond acceptors (Lipinski definition) is 5. The topological polar surface area (TPSA) is 63.4 Å². The molecule has 0 amide bonds. The molecule has 0 bridgehead atoms. The van der Waals surface area contributed by atoms with Crippen molar-refractivity contribution in [1.82, 2.24) is 14.5 Å². The van der Waals surface area contributed by atoms with E-state index in [0.717, 1.165) is 42.2 Å². The van der Waals surface area contributed by atoms with Gasteiger partial charge < -0.3 is 19.3 Å². The number of fused-ring (bicyclic) bond motifs is 1. The van der Waals surface area contributed by atoms with Gasteiger partial charge >= 0.3 is 0 Å². The molecule has 164 valence electrons. The van der Waals surface area contributed by atoms with E-state index in [1.165, 1.54) is 12.1 Å². The van der Waals surface area contributed by atoms with Gasteiger partial charge in [0.15, 0.2) is 0 Å². The number of rotatable bonds is 8. The summed E-state index contributed by atoms with van der Waals surface area (Å²) < 4.78 is 34.5. The zero-order chi connectivity index (χ0) is 21.6. The van der Waals surface area contributed by atoms with Gasteiger partial charge in [0, 0.05) is 37.8 Å². The molecule has 2 fully saturated rings. The van der Waals surface area contributed by atoms with Crippen LogP contribution in [-0.2, 0) is 23.7 Å². The lowest BCUT2D eigenvalue weighted by Gasteiger charge is -2.40. The molecule has 3 aromatic rings. The number of aliphatic hydroxyl groups is 1. The number of anilines is 1. The van der Waals surface area contributed by atoms with Crippen molar-refractivity contribution >= 4 is 16.9 Å². The summed E-state index contributed by atoms with van der Waals surface area (Å²) in [6, 6.07) is 8.95. The van der Waals surface area contributed by atoms with Gasteiger partial charge in [0.05, 0.1) is 30.6 Å². The minimum Gasteiger partial charge on any atom is -0.396 e. The lowest BCUT2D eigenvalue weighted by Crippen LogP contribution is -2.48. The summed E-state index contributed by atoms with van der Waals surface area (Å²) in [4.78, 5) is 11.4. The van der Waals surface area contributed by atoms with Gasteiger partial charge in [0.2, 0.25) is 0 Å². The van der Waals surface area contributed by atoms with Crippen molar-refractivity contribution in [3.8, 4) is 0 Å². The Labute approximate surface area is 179 Å². The van der Waals surface area contributed by atoms with Gasteiger partial charge in [-0.05, 0) is 24.5 Å². The van der Waals surface area contributed by atoms with Crippen molar-refractivity contribution in [2.45, 2.75) is 44.8 Å². The minimum absolute atomic E-state index is 0.0218. The largest absolute Gasteiger partial charge is 0.396 e. The lowest BCUT2D eigenvalue weighted by molar-refractivity contribution is -0.144. The highest BCUT2D eigenvalue weighted by Crippen LogP contribution is 2.37. The second-order valence-corrected chi connectivity index (χ2v) is 8.97. The van der Waals surface area contributed by atoms with Crippen LogP contribution in [0.15, 0.2) is 42.9 Å². The average Bonchev–Trinajstić information content (AvgIpc) is 3.49. The Morgan fingerprint density at radius 1 is 1.19 bits per heavy atom. The molecule has 6 nitrogen and oxygen atoms in total. The number of hydrogen-bond donors (Lipinski definition) is 1. The summed E-state index contributed by atoms with van der Waals surface area (Å²) in [5.41, 5.74) is 1.57. The number of benzene rings is 1. The smallest absolute Gasteiger partial charge is 0.270 e. The number of aliphatic hydroxyl groups excluding tert-OH is 1. The Balaban J connectivity index is 1.44. The van der Waals surface area contributed by atoms with E-state index in [4.69, 9.17) is 4.74 Å².